The lowest BCUT2D eigenvalue weighted by Crippen LogP contribution is -2.46. The van der Waals surface area contributed by atoms with Crippen LogP contribution < -0.4 is 5.32 Å². The number of halogens is 1. The van der Waals surface area contributed by atoms with Crippen LogP contribution in [0.3, 0.4) is 0 Å². The van der Waals surface area contributed by atoms with Gasteiger partial charge in [0.2, 0.25) is 0 Å². The Morgan fingerprint density at radius 2 is 2.56 bits per heavy atom. The van der Waals surface area contributed by atoms with E-state index in [4.69, 9.17) is 5.26 Å². The van der Waals surface area contributed by atoms with E-state index >= 15 is 0 Å². The first-order valence-electron chi connectivity index (χ1n) is 2.86. The number of hydrogen-bond donors (Lipinski definition) is 1. The average molecular weight is 129 g/mol. The fourth-order valence-corrected chi connectivity index (χ4v) is 0.784. The maximum absolute atomic E-state index is 12.5. The van der Waals surface area contributed by atoms with Gasteiger partial charge < -0.3 is 5.32 Å². The fourth-order valence-electron chi connectivity index (χ4n) is 0.784. The molecule has 0 aromatic rings. The van der Waals surface area contributed by atoms with E-state index in [2.05, 4.69) is 5.32 Å². The summed E-state index contributed by atoms with van der Waals surface area (Å²) in [4.78, 5) is 1.14. The van der Waals surface area contributed by atoms with Crippen molar-refractivity contribution in [2.75, 3.05) is 19.6 Å². The summed E-state index contributed by atoms with van der Waals surface area (Å²) in [6, 6.07) is 0. The Morgan fingerprint density at radius 3 is 3.00 bits per heavy atom. The Morgan fingerprint density at radius 1 is 1.78 bits per heavy atom. The second-order valence-corrected chi connectivity index (χ2v) is 1.93. The summed E-state index contributed by atoms with van der Waals surface area (Å²) in [7, 11) is 0. The predicted molar refractivity (Wildman–Crippen MR) is 30.1 cm³/mol. The van der Waals surface area contributed by atoms with Crippen LogP contribution in [0, 0.1) is 11.5 Å². The molecule has 50 valence electrons. The number of rotatable bonds is 0. The van der Waals surface area contributed by atoms with Gasteiger partial charge in [0, 0.05) is 19.6 Å². The molecule has 1 N–H and O–H groups in total. The Bertz CT molecular complexity index is 131. The van der Waals surface area contributed by atoms with Crippen molar-refractivity contribution in [1.29, 1.82) is 5.26 Å². The third-order valence-corrected chi connectivity index (χ3v) is 1.31. The van der Waals surface area contributed by atoms with Crippen molar-refractivity contribution in [1.82, 2.24) is 10.2 Å². The minimum absolute atomic E-state index is 0.271. The molecule has 0 aromatic heterocycles. The zero-order valence-electron chi connectivity index (χ0n) is 4.97. The van der Waals surface area contributed by atoms with Crippen LogP contribution in [-0.4, -0.2) is 30.8 Å². The molecule has 1 fully saturated rings. The molecule has 1 aliphatic heterocycles. The van der Waals surface area contributed by atoms with Crippen LogP contribution in [0.5, 0.6) is 0 Å². The third-order valence-electron chi connectivity index (χ3n) is 1.31. The highest BCUT2D eigenvalue weighted by atomic mass is 19.1. The molecular weight excluding hydrogens is 121 g/mol. The van der Waals surface area contributed by atoms with E-state index in [1.165, 1.54) is 0 Å². The average Bonchev–Trinajstić information content (AvgIpc) is 1.89. The topological polar surface area (TPSA) is 39.1 Å². The maximum Gasteiger partial charge on any atom is 0.193 e. The molecular formula is C5H8FN3. The summed E-state index contributed by atoms with van der Waals surface area (Å²) < 4.78 is 12.5. The van der Waals surface area contributed by atoms with Crippen LogP contribution >= 0.6 is 0 Å². The lowest BCUT2D eigenvalue weighted by atomic mass is 10.4. The van der Waals surface area contributed by atoms with Crippen LogP contribution in [0.1, 0.15) is 0 Å². The van der Waals surface area contributed by atoms with Crippen molar-refractivity contribution in [3.05, 3.63) is 0 Å². The highest BCUT2D eigenvalue weighted by molar-refractivity contribution is 4.81. The Labute approximate surface area is 53.1 Å². The summed E-state index contributed by atoms with van der Waals surface area (Å²) >= 11 is 0. The zero-order chi connectivity index (χ0) is 6.69. The van der Waals surface area contributed by atoms with Crippen LogP contribution in [0.4, 0.5) is 4.39 Å². The first-order valence-corrected chi connectivity index (χ1v) is 2.86. The van der Waals surface area contributed by atoms with Crippen molar-refractivity contribution < 1.29 is 4.39 Å². The van der Waals surface area contributed by atoms with Crippen molar-refractivity contribution in [3.8, 4) is 6.19 Å². The molecule has 0 bridgehead atoms. The van der Waals surface area contributed by atoms with Crippen LogP contribution in [0.25, 0.3) is 0 Å². The van der Waals surface area contributed by atoms with E-state index in [9.17, 15) is 4.39 Å². The van der Waals surface area contributed by atoms with Crippen molar-refractivity contribution in [2.45, 2.75) is 6.30 Å². The minimum atomic E-state index is -1.12. The van der Waals surface area contributed by atoms with Crippen LogP contribution in [0.15, 0.2) is 0 Å². The van der Waals surface area contributed by atoms with E-state index in [0.29, 0.717) is 13.1 Å². The van der Waals surface area contributed by atoms with E-state index < -0.39 is 6.30 Å². The summed E-state index contributed by atoms with van der Waals surface area (Å²) in [6.45, 7) is 1.46. The predicted octanol–water partition coefficient (Wildman–Crippen LogP) is -0.332. The molecule has 1 rings (SSSR count). The lowest BCUT2D eigenvalue weighted by molar-refractivity contribution is 0.112. The molecule has 1 atom stereocenters. The van der Waals surface area contributed by atoms with Gasteiger partial charge in [0.1, 0.15) is 0 Å². The van der Waals surface area contributed by atoms with Crippen LogP contribution in [-0.2, 0) is 0 Å². The zero-order valence-corrected chi connectivity index (χ0v) is 4.97. The summed E-state index contributed by atoms with van der Waals surface area (Å²) in [5.74, 6) is 0. The molecule has 0 saturated carbocycles. The Hall–Kier alpha value is -0.820. The number of nitriles is 1. The number of piperazine rings is 1. The molecule has 1 unspecified atom stereocenters. The highest BCUT2D eigenvalue weighted by Gasteiger charge is 2.18. The highest BCUT2D eigenvalue weighted by Crippen LogP contribution is 2.00. The van der Waals surface area contributed by atoms with Gasteiger partial charge in [-0.2, -0.15) is 5.26 Å². The van der Waals surface area contributed by atoms with Gasteiger partial charge in [-0.15, -0.1) is 0 Å². The summed E-state index contributed by atoms with van der Waals surface area (Å²) in [5.41, 5.74) is 0. The SMILES string of the molecule is N#CN1CCNCC1F. The molecule has 0 aliphatic carbocycles. The summed E-state index contributed by atoms with van der Waals surface area (Å²) in [5, 5.41) is 11.1. The molecule has 4 heteroatoms. The van der Waals surface area contributed by atoms with Gasteiger partial charge in [-0.25, -0.2) is 4.39 Å². The molecule has 1 saturated heterocycles. The molecule has 0 amide bonds. The largest absolute Gasteiger partial charge is 0.310 e. The second kappa shape index (κ2) is 2.65. The van der Waals surface area contributed by atoms with Gasteiger partial charge >= 0.3 is 0 Å². The minimum Gasteiger partial charge on any atom is -0.310 e. The molecule has 1 heterocycles. The molecule has 9 heavy (non-hydrogen) atoms. The van der Waals surface area contributed by atoms with Crippen LogP contribution in [0.2, 0.25) is 0 Å². The van der Waals surface area contributed by atoms with Crippen molar-refractivity contribution in [3.63, 3.8) is 0 Å². The third kappa shape index (κ3) is 1.30. The van der Waals surface area contributed by atoms with E-state index in [0.717, 1.165) is 4.90 Å². The van der Waals surface area contributed by atoms with Crippen molar-refractivity contribution >= 4 is 0 Å². The van der Waals surface area contributed by atoms with Gasteiger partial charge in [-0.05, 0) is 0 Å². The van der Waals surface area contributed by atoms with Gasteiger partial charge in [-0.1, -0.05) is 0 Å². The molecule has 0 spiro atoms. The Balaban J connectivity index is 2.41. The van der Waals surface area contributed by atoms with Gasteiger partial charge in [-0.3, -0.25) is 4.90 Å². The number of alkyl halides is 1. The van der Waals surface area contributed by atoms with Gasteiger partial charge in [0.05, 0.1) is 0 Å². The van der Waals surface area contributed by atoms with E-state index in [-0.39, 0.29) is 6.54 Å². The Kier molecular flexibility index (Phi) is 1.85. The first kappa shape index (κ1) is 6.30. The number of nitrogens with one attached hydrogen (secondary N) is 1. The summed E-state index contributed by atoms with van der Waals surface area (Å²) in [6.07, 6.45) is 0.650. The fraction of sp³-hybridized carbons (Fsp3) is 0.800. The molecule has 3 nitrogen and oxygen atoms in total. The standard InChI is InChI=1S/C5H8FN3/c6-5-3-8-1-2-9(5)4-7/h5,8H,1-3H2. The first-order chi connectivity index (χ1) is 4.34. The molecule has 0 aromatic carbocycles. The smallest absolute Gasteiger partial charge is 0.193 e. The van der Waals surface area contributed by atoms with Gasteiger partial charge in [0.15, 0.2) is 12.5 Å². The second-order valence-electron chi connectivity index (χ2n) is 1.93. The van der Waals surface area contributed by atoms with Gasteiger partial charge in [0.25, 0.3) is 0 Å². The number of hydrogen-bond acceptors (Lipinski definition) is 3. The van der Waals surface area contributed by atoms with E-state index in [1.54, 1.807) is 6.19 Å². The van der Waals surface area contributed by atoms with E-state index in [1.807, 2.05) is 0 Å². The molecule has 1 aliphatic rings. The quantitative estimate of drug-likeness (QED) is 0.359. The number of nitrogens with zero attached hydrogens (tertiary/aromatic N) is 2. The molecule has 0 radical (unpaired) electrons. The van der Waals surface area contributed by atoms with Crippen molar-refractivity contribution in [2.24, 2.45) is 0 Å². The monoisotopic (exact) mass is 129 g/mol. The normalized spacial score (nSPS) is 27.6. The maximum atomic E-state index is 12.5. The lowest BCUT2D eigenvalue weighted by Gasteiger charge is -2.25.